The van der Waals surface area contributed by atoms with Crippen LogP contribution < -0.4 is 21.3 Å². The third kappa shape index (κ3) is 2.99. The minimum absolute atomic E-state index is 0.164. The minimum atomic E-state index is 0.164. The Hall–Kier alpha value is -6.00. The van der Waals surface area contributed by atoms with E-state index in [1.54, 1.807) is 0 Å². The number of benzene rings is 7. The first-order valence-electron chi connectivity index (χ1n) is 16.0. The highest BCUT2D eigenvalue weighted by molar-refractivity contribution is 7.00. The van der Waals surface area contributed by atoms with Crippen LogP contribution in [0.1, 0.15) is 0 Å². The number of rotatable bonds is 3. The van der Waals surface area contributed by atoms with Crippen molar-refractivity contribution in [2.24, 2.45) is 0 Å². The van der Waals surface area contributed by atoms with E-state index in [2.05, 4.69) is 172 Å². The van der Waals surface area contributed by atoms with Crippen LogP contribution in [0.3, 0.4) is 0 Å². The third-order valence-electron chi connectivity index (χ3n) is 10.3. The molecule has 0 unspecified atom stereocenters. The van der Waals surface area contributed by atoms with Gasteiger partial charge in [0.2, 0.25) is 0 Å². The highest BCUT2D eigenvalue weighted by Crippen LogP contribution is 2.42. The lowest BCUT2D eigenvalue weighted by Crippen LogP contribution is -2.59. The number of anilines is 3. The Bertz CT molecular complexity index is 2660. The lowest BCUT2D eigenvalue weighted by molar-refractivity contribution is 1.16. The number of hydrogen-bond donors (Lipinski definition) is 0. The Labute approximate surface area is 266 Å². The van der Waals surface area contributed by atoms with Crippen LogP contribution in [0, 0.1) is 0 Å². The van der Waals surface area contributed by atoms with Gasteiger partial charge in [-0.3, -0.25) is 0 Å². The maximum absolute atomic E-state index is 2.55. The molecule has 0 bridgehead atoms. The fourth-order valence-corrected chi connectivity index (χ4v) is 8.52. The first-order valence-corrected chi connectivity index (χ1v) is 16.0. The van der Waals surface area contributed by atoms with Gasteiger partial charge in [-0.25, -0.2) is 0 Å². The molecule has 0 radical (unpaired) electrons. The second-order valence-electron chi connectivity index (χ2n) is 12.5. The SMILES string of the molecule is c1ccc(N(c2ccccc2)c2ccc3c4cccc5c4n(c3c2)-c2ccc3c4ccccc4n4c3c2B5c2ccccc2-4)cc1. The summed E-state index contributed by atoms with van der Waals surface area (Å²) in [5.74, 6) is 0. The summed E-state index contributed by atoms with van der Waals surface area (Å²) in [6, 6.07) is 57.9. The van der Waals surface area contributed by atoms with E-state index >= 15 is 0 Å². The van der Waals surface area contributed by atoms with Crippen LogP contribution in [0.15, 0.2) is 158 Å². The monoisotopic (exact) mass is 583 g/mol. The van der Waals surface area contributed by atoms with Crippen molar-refractivity contribution in [3.63, 3.8) is 0 Å². The largest absolute Gasteiger partial charge is 0.310 e. The average Bonchev–Trinajstić information content (AvgIpc) is 3.64. The molecule has 0 aliphatic carbocycles. The predicted octanol–water partition coefficient (Wildman–Crippen LogP) is 8.49. The molecule has 3 nitrogen and oxygen atoms in total. The molecule has 7 aromatic carbocycles. The summed E-state index contributed by atoms with van der Waals surface area (Å²) in [4.78, 5) is 2.36. The number of fused-ring (bicyclic) bond motifs is 11. The summed E-state index contributed by atoms with van der Waals surface area (Å²) in [6.45, 7) is 0.164. The second-order valence-corrected chi connectivity index (χ2v) is 12.5. The molecule has 9 aromatic rings. The molecule has 0 spiro atoms. The van der Waals surface area contributed by atoms with Crippen molar-refractivity contribution in [2.45, 2.75) is 0 Å². The third-order valence-corrected chi connectivity index (χ3v) is 10.3. The maximum Gasteiger partial charge on any atom is 0.252 e. The van der Waals surface area contributed by atoms with Crippen molar-refractivity contribution in [3.8, 4) is 11.4 Å². The van der Waals surface area contributed by atoms with Crippen LogP contribution in [0.25, 0.3) is 55.0 Å². The van der Waals surface area contributed by atoms with Gasteiger partial charge in [-0.05, 0) is 71.0 Å². The molecule has 0 atom stereocenters. The van der Waals surface area contributed by atoms with E-state index in [4.69, 9.17) is 0 Å². The van der Waals surface area contributed by atoms with Crippen LogP contribution in [0.5, 0.6) is 0 Å². The first-order chi connectivity index (χ1) is 22.9. The summed E-state index contributed by atoms with van der Waals surface area (Å²) >= 11 is 0. The van der Waals surface area contributed by atoms with Crippen molar-refractivity contribution in [1.82, 2.24) is 9.13 Å². The zero-order valence-electron chi connectivity index (χ0n) is 24.9. The van der Waals surface area contributed by atoms with E-state index in [0.717, 1.165) is 17.1 Å². The van der Waals surface area contributed by atoms with Crippen molar-refractivity contribution in [1.29, 1.82) is 0 Å². The van der Waals surface area contributed by atoms with E-state index in [0.29, 0.717) is 0 Å². The zero-order valence-corrected chi connectivity index (χ0v) is 24.9. The molecule has 0 fully saturated rings. The minimum Gasteiger partial charge on any atom is -0.310 e. The lowest BCUT2D eigenvalue weighted by atomic mass is 9.34. The molecule has 0 saturated heterocycles. The lowest BCUT2D eigenvalue weighted by Gasteiger charge is -2.33. The second kappa shape index (κ2) is 8.80. The van der Waals surface area contributed by atoms with Crippen molar-refractivity contribution in [3.05, 3.63) is 158 Å². The summed E-state index contributed by atoms with van der Waals surface area (Å²) in [5.41, 5.74) is 15.3. The van der Waals surface area contributed by atoms with Gasteiger partial charge in [-0.15, -0.1) is 0 Å². The number of nitrogens with zero attached hydrogens (tertiary/aromatic N) is 3. The Balaban J connectivity index is 1.28. The molecule has 212 valence electrons. The van der Waals surface area contributed by atoms with Crippen molar-refractivity contribution in [2.75, 3.05) is 4.90 Å². The Morgan fingerprint density at radius 2 is 1.00 bits per heavy atom. The van der Waals surface area contributed by atoms with Gasteiger partial charge in [0, 0.05) is 55.5 Å². The van der Waals surface area contributed by atoms with Gasteiger partial charge in [0.05, 0.1) is 16.6 Å². The van der Waals surface area contributed by atoms with Gasteiger partial charge in [0.15, 0.2) is 0 Å². The number of para-hydroxylation sites is 5. The van der Waals surface area contributed by atoms with Crippen molar-refractivity contribution < 1.29 is 0 Å². The highest BCUT2D eigenvalue weighted by Gasteiger charge is 2.40. The van der Waals surface area contributed by atoms with Crippen LogP contribution in [0.2, 0.25) is 0 Å². The first kappa shape index (κ1) is 24.3. The van der Waals surface area contributed by atoms with Gasteiger partial charge in [0.1, 0.15) is 0 Å². The van der Waals surface area contributed by atoms with Crippen LogP contribution >= 0.6 is 0 Å². The standard InChI is InChI=1S/C42H26BN3/c1-3-12-27(13-4-1)44(28-14-5-2-6-15-28)29-22-23-31-32-17-11-19-35-41(32)46(39(31)26-29)38-25-24-33-30-16-7-9-20-36(30)45-37-21-10-8-18-34(37)43(35)40(38)42(33)45/h1-26H. The molecule has 0 N–H and O–H groups in total. The summed E-state index contributed by atoms with van der Waals surface area (Å²) in [6.07, 6.45) is 0. The molecule has 11 rings (SSSR count). The van der Waals surface area contributed by atoms with E-state index in [1.165, 1.54) is 71.4 Å². The molecule has 2 aliphatic rings. The van der Waals surface area contributed by atoms with E-state index < -0.39 is 0 Å². The fraction of sp³-hybridized carbons (Fsp3) is 0. The molecule has 4 heterocycles. The number of hydrogen-bond acceptors (Lipinski definition) is 1. The quantitative estimate of drug-likeness (QED) is 0.190. The van der Waals surface area contributed by atoms with Crippen LogP contribution in [-0.4, -0.2) is 15.8 Å². The van der Waals surface area contributed by atoms with E-state index in [1.807, 2.05) is 0 Å². The molecule has 0 amide bonds. The molecule has 46 heavy (non-hydrogen) atoms. The molecular weight excluding hydrogens is 557 g/mol. The smallest absolute Gasteiger partial charge is 0.252 e. The van der Waals surface area contributed by atoms with Crippen LogP contribution in [0.4, 0.5) is 17.1 Å². The summed E-state index contributed by atoms with van der Waals surface area (Å²) in [7, 11) is 0. The summed E-state index contributed by atoms with van der Waals surface area (Å²) < 4.78 is 5.07. The van der Waals surface area contributed by atoms with E-state index in [9.17, 15) is 0 Å². The van der Waals surface area contributed by atoms with Gasteiger partial charge in [-0.1, -0.05) is 103 Å². The van der Waals surface area contributed by atoms with Gasteiger partial charge in [0.25, 0.3) is 6.71 Å². The van der Waals surface area contributed by atoms with Gasteiger partial charge >= 0.3 is 0 Å². The van der Waals surface area contributed by atoms with Gasteiger partial charge < -0.3 is 14.0 Å². The predicted molar refractivity (Wildman–Crippen MR) is 194 cm³/mol. The summed E-state index contributed by atoms with van der Waals surface area (Å²) in [5, 5.41) is 5.21. The molecule has 2 aromatic heterocycles. The zero-order chi connectivity index (χ0) is 29.9. The van der Waals surface area contributed by atoms with E-state index in [-0.39, 0.29) is 6.71 Å². The Morgan fingerprint density at radius 1 is 0.391 bits per heavy atom. The fourth-order valence-electron chi connectivity index (χ4n) is 8.52. The van der Waals surface area contributed by atoms with Crippen LogP contribution in [-0.2, 0) is 0 Å². The normalized spacial score (nSPS) is 12.7. The Kier molecular flexibility index (Phi) is 4.66. The Morgan fingerprint density at radius 3 is 1.83 bits per heavy atom. The van der Waals surface area contributed by atoms with Crippen molar-refractivity contribution >= 4 is 83.8 Å². The maximum atomic E-state index is 2.55. The number of aromatic nitrogens is 2. The molecule has 2 aliphatic heterocycles. The van der Waals surface area contributed by atoms with Gasteiger partial charge in [-0.2, -0.15) is 0 Å². The average molecular weight is 584 g/mol. The highest BCUT2D eigenvalue weighted by atomic mass is 15.1. The molecule has 4 heteroatoms. The molecule has 0 saturated carbocycles. The molecular formula is C42H26BN3. The topological polar surface area (TPSA) is 13.1 Å².